The van der Waals surface area contributed by atoms with Crippen molar-refractivity contribution in [2.45, 2.75) is 32.9 Å². The Morgan fingerprint density at radius 3 is 2.65 bits per heavy atom. The van der Waals surface area contributed by atoms with Crippen LogP contribution in [-0.2, 0) is 5.75 Å². The molecule has 0 amide bonds. The lowest BCUT2D eigenvalue weighted by molar-refractivity contribution is -0.274. The van der Waals surface area contributed by atoms with Crippen LogP contribution >= 0.6 is 11.8 Å². The van der Waals surface area contributed by atoms with Gasteiger partial charge in [-0.3, -0.25) is 0 Å². The molecule has 2 rings (SSSR count). The van der Waals surface area contributed by atoms with E-state index in [-0.39, 0.29) is 5.75 Å². The molecule has 1 aliphatic rings. The summed E-state index contributed by atoms with van der Waals surface area (Å²) >= 11 is 1.40. The standard InChI is InChI=1S/C15H18F3N3OS/c1-4-21(5-2)10(3)19-14-20-13-7-6-12(22-15(16,17)18)8-11(13)9-23-14/h6-8H,4-5,9H2,1-3H3. The Kier molecular flexibility index (Phi) is 5.56. The van der Waals surface area contributed by atoms with Gasteiger partial charge in [0.1, 0.15) is 11.6 Å². The van der Waals surface area contributed by atoms with Crippen molar-refractivity contribution in [3.63, 3.8) is 0 Å². The largest absolute Gasteiger partial charge is 0.573 e. The fourth-order valence-electron chi connectivity index (χ4n) is 2.21. The molecule has 0 saturated heterocycles. The second-order valence-electron chi connectivity index (χ2n) is 4.85. The van der Waals surface area contributed by atoms with E-state index in [9.17, 15) is 13.2 Å². The number of aliphatic imine (C=N–C) groups is 2. The molecule has 0 unspecified atom stereocenters. The van der Waals surface area contributed by atoms with Gasteiger partial charge in [0.2, 0.25) is 0 Å². The molecule has 0 aromatic heterocycles. The monoisotopic (exact) mass is 345 g/mol. The van der Waals surface area contributed by atoms with Crippen LogP contribution in [0.15, 0.2) is 28.2 Å². The van der Waals surface area contributed by atoms with E-state index in [1.165, 1.54) is 30.0 Å². The highest BCUT2D eigenvalue weighted by Crippen LogP contribution is 2.35. The average Bonchev–Trinajstić information content (AvgIpc) is 2.47. The number of thioether (sulfide) groups is 1. The first-order chi connectivity index (χ1) is 10.8. The van der Waals surface area contributed by atoms with E-state index in [4.69, 9.17) is 0 Å². The van der Waals surface area contributed by atoms with Gasteiger partial charge < -0.3 is 9.64 Å². The molecule has 4 nitrogen and oxygen atoms in total. The maximum Gasteiger partial charge on any atom is 0.573 e. The van der Waals surface area contributed by atoms with Gasteiger partial charge in [0.15, 0.2) is 5.17 Å². The van der Waals surface area contributed by atoms with Crippen molar-refractivity contribution in [3.8, 4) is 5.75 Å². The van der Waals surface area contributed by atoms with Crippen LogP contribution in [0.2, 0.25) is 0 Å². The van der Waals surface area contributed by atoms with Crippen molar-refractivity contribution in [2.24, 2.45) is 9.98 Å². The lowest BCUT2D eigenvalue weighted by atomic mass is 10.2. The molecule has 0 atom stereocenters. The number of alkyl halides is 3. The molecule has 0 fully saturated rings. The zero-order valence-corrected chi connectivity index (χ0v) is 14.0. The lowest BCUT2D eigenvalue weighted by Crippen LogP contribution is -2.28. The predicted molar refractivity (Wildman–Crippen MR) is 87.5 cm³/mol. The number of nitrogens with zero attached hydrogens (tertiary/aromatic N) is 3. The van der Waals surface area contributed by atoms with Gasteiger partial charge >= 0.3 is 6.36 Å². The SMILES string of the molecule is CCN(CC)C(C)=NC1=Nc2ccc(OC(F)(F)F)cc2CS1. The van der Waals surface area contributed by atoms with Gasteiger partial charge in [-0.15, -0.1) is 13.2 Å². The second-order valence-corrected chi connectivity index (χ2v) is 5.80. The summed E-state index contributed by atoms with van der Waals surface area (Å²) in [6.45, 7) is 7.74. The third-order valence-corrected chi connectivity index (χ3v) is 4.23. The van der Waals surface area contributed by atoms with Crippen molar-refractivity contribution in [3.05, 3.63) is 23.8 Å². The predicted octanol–water partition coefficient (Wildman–Crippen LogP) is 4.58. The van der Waals surface area contributed by atoms with Crippen LogP contribution in [0.5, 0.6) is 5.75 Å². The molecule has 23 heavy (non-hydrogen) atoms. The Labute approximate surface area is 137 Å². The molecule has 0 bridgehead atoms. The quantitative estimate of drug-likeness (QED) is 0.594. The molecule has 0 radical (unpaired) electrons. The number of fused-ring (bicyclic) bond motifs is 1. The first kappa shape index (κ1) is 17.7. The van der Waals surface area contributed by atoms with Crippen molar-refractivity contribution in [1.29, 1.82) is 0 Å². The van der Waals surface area contributed by atoms with Gasteiger partial charge in [0.25, 0.3) is 0 Å². The molecular formula is C15H18F3N3OS. The fraction of sp³-hybridized carbons (Fsp3) is 0.467. The molecule has 0 aliphatic carbocycles. The molecule has 1 aromatic carbocycles. The maximum absolute atomic E-state index is 12.2. The topological polar surface area (TPSA) is 37.2 Å². The Morgan fingerprint density at radius 2 is 2.04 bits per heavy atom. The van der Waals surface area contributed by atoms with Crippen molar-refractivity contribution in [1.82, 2.24) is 4.90 Å². The van der Waals surface area contributed by atoms with Crippen molar-refractivity contribution in [2.75, 3.05) is 13.1 Å². The molecule has 1 aliphatic heterocycles. The molecule has 0 N–H and O–H groups in total. The number of amidine groups is 2. The van der Waals surface area contributed by atoms with E-state index in [2.05, 4.69) is 33.5 Å². The van der Waals surface area contributed by atoms with Gasteiger partial charge in [-0.2, -0.15) is 0 Å². The van der Waals surface area contributed by atoms with Crippen molar-refractivity contribution < 1.29 is 17.9 Å². The zero-order chi connectivity index (χ0) is 17.0. The third-order valence-electron chi connectivity index (χ3n) is 3.34. The van der Waals surface area contributed by atoms with Crippen LogP contribution in [0.3, 0.4) is 0 Å². The summed E-state index contributed by atoms with van der Waals surface area (Å²) in [6.07, 6.45) is -4.68. The highest BCUT2D eigenvalue weighted by molar-refractivity contribution is 8.13. The number of halogens is 3. The molecular weight excluding hydrogens is 327 g/mol. The summed E-state index contributed by atoms with van der Waals surface area (Å²) < 4.78 is 40.7. The average molecular weight is 345 g/mol. The van der Waals surface area contributed by atoms with Gasteiger partial charge in [-0.1, -0.05) is 11.8 Å². The van der Waals surface area contributed by atoms with Gasteiger partial charge in [0, 0.05) is 18.8 Å². The summed E-state index contributed by atoms with van der Waals surface area (Å²) in [5.41, 5.74) is 1.33. The molecule has 8 heteroatoms. The number of rotatable bonds is 3. The minimum atomic E-state index is -4.68. The zero-order valence-electron chi connectivity index (χ0n) is 13.1. The molecule has 1 heterocycles. The van der Waals surface area contributed by atoms with Crippen LogP contribution in [0.4, 0.5) is 18.9 Å². The van der Waals surface area contributed by atoms with E-state index in [1.807, 2.05) is 6.92 Å². The number of ether oxygens (including phenoxy) is 1. The van der Waals surface area contributed by atoms with E-state index in [0.29, 0.717) is 22.2 Å². The number of hydrogen-bond acceptors (Lipinski definition) is 4. The van der Waals surface area contributed by atoms with Crippen LogP contribution in [-0.4, -0.2) is 35.4 Å². The minimum absolute atomic E-state index is 0.224. The highest BCUT2D eigenvalue weighted by Gasteiger charge is 2.31. The number of hydrogen-bond donors (Lipinski definition) is 0. The van der Waals surface area contributed by atoms with Crippen molar-refractivity contribution >= 4 is 28.5 Å². The van der Waals surface area contributed by atoms with Crippen LogP contribution < -0.4 is 4.74 Å². The fourth-order valence-corrected chi connectivity index (χ4v) is 3.08. The summed E-state index contributed by atoms with van der Waals surface area (Å²) in [5.74, 6) is 1.16. The van der Waals surface area contributed by atoms with Gasteiger partial charge in [0.05, 0.1) is 5.69 Å². The second kappa shape index (κ2) is 7.25. The van der Waals surface area contributed by atoms with E-state index in [1.54, 1.807) is 0 Å². The molecule has 0 spiro atoms. The molecule has 126 valence electrons. The van der Waals surface area contributed by atoms with E-state index < -0.39 is 6.36 Å². The minimum Gasteiger partial charge on any atom is -0.406 e. The maximum atomic E-state index is 12.2. The third kappa shape index (κ3) is 4.89. The van der Waals surface area contributed by atoms with Crippen LogP contribution in [0, 0.1) is 0 Å². The Morgan fingerprint density at radius 1 is 1.35 bits per heavy atom. The smallest absolute Gasteiger partial charge is 0.406 e. The normalized spacial score (nSPS) is 15.0. The van der Waals surface area contributed by atoms with Gasteiger partial charge in [-0.25, -0.2) is 9.98 Å². The molecule has 1 aromatic rings. The first-order valence-corrected chi connectivity index (χ1v) is 8.21. The summed E-state index contributed by atoms with van der Waals surface area (Å²) in [4.78, 5) is 11.0. The highest BCUT2D eigenvalue weighted by atomic mass is 32.2. The van der Waals surface area contributed by atoms with Gasteiger partial charge in [-0.05, 0) is 44.5 Å². The Hall–Kier alpha value is -1.70. The summed E-state index contributed by atoms with van der Waals surface area (Å²) in [7, 11) is 0. The Balaban J connectivity index is 2.20. The number of benzene rings is 1. The van der Waals surface area contributed by atoms with Crippen LogP contribution in [0.1, 0.15) is 26.3 Å². The molecule has 0 saturated carbocycles. The first-order valence-electron chi connectivity index (χ1n) is 7.22. The van der Waals surface area contributed by atoms with Crippen LogP contribution in [0.25, 0.3) is 0 Å². The van der Waals surface area contributed by atoms with E-state index in [0.717, 1.165) is 18.9 Å². The summed E-state index contributed by atoms with van der Waals surface area (Å²) in [5, 5.41) is 0.617. The lowest BCUT2D eigenvalue weighted by Gasteiger charge is -2.21. The summed E-state index contributed by atoms with van der Waals surface area (Å²) in [6, 6.07) is 4.17. The Bertz CT molecular complexity index is 625. The van der Waals surface area contributed by atoms with E-state index >= 15 is 0 Å².